The molecule has 3 aromatic rings. The average Bonchev–Trinajstić information content (AvgIpc) is 3.07. The number of pyridine rings is 1. The lowest BCUT2D eigenvalue weighted by Crippen LogP contribution is -2.10. The number of benzene rings is 1. The topological polar surface area (TPSA) is 82.3 Å². The summed E-state index contributed by atoms with van der Waals surface area (Å²) in [5, 5.41) is 4.54. The van der Waals surface area contributed by atoms with Crippen molar-refractivity contribution in [3.63, 3.8) is 0 Å². The van der Waals surface area contributed by atoms with Gasteiger partial charge in [-0.3, -0.25) is 4.79 Å². The minimum Gasteiger partial charge on any atom is -0.462 e. The zero-order valence-electron chi connectivity index (χ0n) is 16.4. The van der Waals surface area contributed by atoms with E-state index in [1.165, 1.54) is 11.8 Å². The molecule has 0 spiro atoms. The summed E-state index contributed by atoms with van der Waals surface area (Å²) in [5.74, 6) is 0.965. The smallest absolute Gasteiger partial charge is 0.340 e. The molecule has 0 bridgehead atoms. The highest BCUT2D eigenvalue weighted by atomic mass is 32.2. The van der Waals surface area contributed by atoms with Crippen molar-refractivity contribution in [2.24, 2.45) is 0 Å². The number of carbonyl (C=O) groups excluding carboxylic acids is 2. The molecule has 29 heavy (non-hydrogen) atoms. The summed E-state index contributed by atoms with van der Waals surface area (Å²) in [5.41, 5.74) is 2.92. The fraction of sp³-hybridized carbons (Fsp3) is 0.273. The first-order valence-corrected chi connectivity index (χ1v) is 10.3. The van der Waals surface area contributed by atoms with Crippen LogP contribution in [0.15, 0.2) is 58.2 Å². The van der Waals surface area contributed by atoms with Crippen LogP contribution in [0.1, 0.15) is 50.6 Å². The molecule has 2 heterocycles. The number of carbonyl (C=O) groups is 2. The maximum Gasteiger partial charge on any atom is 0.340 e. The molecule has 0 amide bonds. The quantitative estimate of drug-likeness (QED) is 0.217. The largest absolute Gasteiger partial charge is 0.462 e. The van der Waals surface area contributed by atoms with Crippen molar-refractivity contribution in [3.8, 4) is 0 Å². The van der Waals surface area contributed by atoms with Gasteiger partial charge in [0, 0.05) is 29.5 Å². The first-order chi connectivity index (χ1) is 14.1. The van der Waals surface area contributed by atoms with Crippen LogP contribution >= 0.6 is 11.8 Å². The van der Waals surface area contributed by atoms with Gasteiger partial charge in [-0.05, 0) is 32.4 Å². The van der Waals surface area contributed by atoms with Crippen LogP contribution in [0.2, 0.25) is 0 Å². The highest BCUT2D eigenvalue weighted by Gasteiger charge is 2.16. The van der Waals surface area contributed by atoms with Crippen LogP contribution < -0.4 is 0 Å². The number of hydrogen-bond acceptors (Lipinski definition) is 7. The fourth-order valence-electron chi connectivity index (χ4n) is 2.75. The summed E-state index contributed by atoms with van der Waals surface area (Å²) in [6.07, 6.45) is 2.45. The van der Waals surface area contributed by atoms with Crippen molar-refractivity contribution in [1.29, 1.82) is 0 Å². The Morgan fingerprint density at radius 3 is 2.62 bits per heavy atom. The highest BCUT2D eigenvalue weighted by molar-refractivity contribution is 7.98. The number of rotatable bonds is 9. The Morgan fingerprint density at radius 1 is 1.10 bits per heavy atom. The summed E-state index contributed by atoms with van der Waals surface area (Å²) in [6, 6.07) is 12.5. The third-order valence-electron chi connectivity index (χ3n) is 4.40. The summed E-state index contributed by atoms with van der Waals surface area (Å²) in [4.78, 5) is 28.9. The van der Waals surface area contributed by atoms with Gasteiger partial charge in [0.05, 0.1) is 17.9 Å². The van der Waals surface area contributed by atoms with E-state index in [2.05, 4.69) is 10.1 Å². The highest BCUT2D eigenvalue weighted by Crippen LogP contribution is 2.27. The number of esters is 1. The van der Waals surface area contributed by atoms with E-state index in [0.717, 1.165) is 17.0 Å². The van der Waals surface area contributed by atoms with Crippen molar-refractivity contribution in [2.75, 3.05) is 6.61 Å². The molecule has 2 aromatic heterocycles. The Bertz CT molecular complexity index is 966. The lowest BCUT2D eigenvalue weighted by Gasteiger charge is -2.08. The summed E-state index contributed by atoms with van der Waals surface area (Å²) in [7, 11) is 0. The summed E-state index contributed by atoms with van der Waals surface area (Å²) < 4.78 is 10.5. The first-order valence-electron chi connectivity index (χ1n) is 9.31. The molecule has 0 atom stereocenters. The van der Waals surface area contributed by atoms with Gasteiger partial charge in [-0.25, -0.2) is 9.78 Å². The van der Waals surface area contributed by atoms with E-state index in [4.69, 9.17) is 9.26 Å². The normalized spacial score (nSPS) is 10.7. The predicted molar refractivity (Wildman–Crippen MR) is 110 cm³/mol. The van der Waals surface area contributed by atoms with Gasteiger partial charge in [0.15, 0.2) is 5.78 Å². The van der Waals surface area contributed by atoms with Gasteiger partial charge < -0.3 is 9.26 Å². The minimum absolute atomic E-state index is 0.0405. The van der Waals surface area contributed by atoms with Crippen LogP contribution in [0.5, 0.6) is 0 Å². The Balaban J connectivity index is 1.52. The lowest BCUT2D eigenvalue weighted by atomic mass is 10.1. The molecule has 0 unspecified atom stereocenters. The second-order valence-electron chi connectivity index (χ2n) is 6.48. The van der Waals surface area contributed by atoms with E-state index in [1.807, 2.05) is 32.0 Å². The van der Waals surface area contributed by atoms with Gasteiger partial charge >= 0.3 is 5.97 Å². The van der Waals surface area contributed by atoms with Gasteiger partial charge in [-0.15, -0.1) is 11.8 Å². The molecule has 150 valence electrons. The Labute approximate surface area is 173 Å². The lowest BCUT2D eigenvalue weighted by molar-refractivity contribution is 0.0489. The molecule has 0 aliphatic carbocycles. The van der Waals surface area contributed by atoms with E-state index >= 15 is 0 Å². The molecule has 0 fully saturated rings. The number of ketones is 1. The third kappa shape index (κ3) is 5.54. The molecular formula is C22H22N2O4S. The van der Waals surface area contributed by atoms with Crippen LogP contribution in [0, 0.1) is 13.8 Å². The SMILES string of the molecule is Cc1noc(C)c1CSc1ncccc1C(=O)OCCCC(=O)c1ccccc1. The van der Waals surface area contributed by atoms with Gasteiger partial charge in [0.25, 0.3) is 0 Å². The molecule has 1 aromatic carbocycles. The standard InChI is InChI=1S/C22H22N2O4S/c1-15-19(16(2)28-24-15)14-29-21-18(10-6-12-23-21)22(26)27-13-7-11-20(25)17-8-4-3-5-9-17/h3-6,8-10,12H,7,11,13-14H2,1-2H3. The van der Waals surface area contributed by atoms with Crippen molar-refractivity contribution in [1.82, 2.24) is 10.1 Å². The van der Waals surface area contributed by atoms with E-state index in [0.29, 0.717) is 34.7 Å². The van der Waals surface area contributed by atoms with Gasteiger partial charge in [-0.1, -0.05) is 35.5 Å². The van der Waals surface area contributed by atoms with E-state index in [9.17, 15) is 9.59 Å². The molecule has 3 rings (SSSR count). The van der Waals surface area contributed by atoms with Crippen molar-refractivity contribution < 1.29 is 18.8 Å². The van der Waals surface area contributed by atoms with E-state index < -0.39 is 5.97 Å². The second-order valence-corrected chi connectivity index (χ2v) is 7.44. The van der Waals surface area contributed by atoms with Crippen LogP contribution in [0.25, 0.3) is 0 Å². The number of ether oxygens (including phenoxy) is 1. The Morgan fingerprint density at radius 2 is 1.90 bits per heavy atom. The molecule has 6 nitrogen and oxygen atoms in total. The summed E-state index contributed by atoms with van der Waals surface area (Å²) >= 11 is 1.44. The average molecular weight is 410 g/mol. The maximum absolute atomic E-state index is 12.5. The van der Waals surface area contributed by atoms with Gasteiger partial charge in [0.2, 0.25) is 0 Å². The van der Waals surface area contributed by atoms with Crippen LogP contribution in [-0.4, -0.2) is 28.5 Å². The molecule has 0 saturated heterocycles. The second kappa shape index (κ2) is 10.0. The monoisotopic (exact) mass is 410 g/mol. The number of hydrogen-bond donors (Lipinski definition) is 0. The molecule has 0 N–H and O–H groups in total. The molecular weight excluding hydrogens is 388 g/mol. The molecule has 0 aliphatic rings. The Hall–Kier alpha value is -2.93. The van der Waals surface area contributed by atoms with Gasteiger partial charge in [0.1, 0.15) is 10.8 Å². The zero-order chi connectivity index (χ0) is 20.6. The molecule has 7 heteroatoms. The van der Waals surface area contributed by atoms with Gasteiger partial charge in [-0.2, -0.15) is 0 Å². The predicted octanol–water partition coefficient (Wildman–Crippen LogP) is 4.80. The van der Waals surface area contributed by atoms with Crippen molar-refractivity contribution >= 4 is 23.5 Å². The minimum atomic E-state index is -0.438. The van der Waals surface area contributed by atoms with Crippen LogP contribution in [0.3, 0.4) is 0 Å². The van der Waals surface area contributed by atoms with Crippen molar-refractivity contribution in [2.45, 2.75) is 37.5 Å². The molecule has 0 aliphatic heterocycles. The molecule has 0 saturated carbocycles. The summed E-state index contributed by atoms with van der Waals surface area (Å²) in [6.45, 7) is 3.93. The number of aryl methyl sites for hydroxylation is 2. The van der Waals surface area contributed by atoms with E-state index in [-0.39, 0.29) is 12.4 Å². The van der Waals surface area contributed by atoms with Crippen LogP contribution in [-0.2, 0) is 10.5 Å². The fourth-order valence-corrected chi connectivity index (χ4v) is 3.89. The number of Topliss-reactive ketones (excluding diaryl/α,β-unsaturated/α-hetero) is 1. The number of nitrogens with zero attached hydrogens (tertiary/aromatic N) is 2. The first kappa shape index (κ1) is 20.8. The Kier molecular flexibility index (Phi) is 7.19. The number of aromatic nitrogens is 2. The number of thioether (sulfide) groups is 1. The third-order valence-corrected chi connectivity index (χ3v) is 5.43. The van der Waals surface area contributed by atoms with Crippen LogP contribution in [0.4, 0.5) is 0 Å². The zero-order valence-corrected chi connectivity index (χ0v) is 17.2. The van der Waals surface area contributed by atoms with E-state index in [1.54, 1.807) is 30.5 Å². The molecule has 0 radical (unpaired) electrons. The maximum atomic E-state index is 12.5. The van der Waals surface area contributed by atoms with Crippen molar-refractivity contribution in [3.05, 3.63) is 76.8 Å².